The summed E-state index contributed by atoms with van der Waals surface area (Å²) in [5, 5.41) is 13.1. The molecule has 0 bridgehead atoms. The van der Waals surface area contributed by atoms with E-state index in [1.54, 1.807) is 11.8 Å². The zero-order valence-electron chi connectivity index (χ0n) is 16.0. The summed E-state index contributed by atoms with van der Waals surface area (Å²) in [4.78, 5) is 1.19. The molecule has 2 nitrogen and oxygen atoms in total. The number of hydrogen-bond donors (Lipinski definition) is 1. The van der Waals surface area contributed by atoms with Crippen molar-refractivity contribution in [3.63, 3.8) is 0 Å². The molecule has 1 fully saturated rings. The molecule has 0 saturated heterocycles. The van der Waals surface area contributed by atoms with Crippen molar-refractivity contribution >= 4 is 22.5 Å². The molecule has 1 spiro atoms. The van der Waals surface area contributed by atoms with E-state index in [0.29, 0.717) is 11.7 Å². The Labute approximate surface area is 169 Å². The van der Waals surface area contributed by atoms with Gasteiger partial charge in [0.1, 0.15) is 17.4 Å². The minimum atomic E-state index is 0.0562. The first-order valence-corrected chi connectivity index (χ1v) is 11.5. The number of ether oxygens (including phenoxy) is 1. The lowest BCUT2D eigenvalue weighted by Gasteiger charge is -2.34. The van der Waals surface area contributed by atoms with E-state index in [-0.39, 0.29) is 5.41 Å². The minimum Gasteiger partial charge on any atom is -0.507 e. The second kappa shape index (κ2) is 6.18. The minimum absolute atomic E-state index is 0.0562. The fraction of sp³-hybridized carbons (Fsp3) is 0.360. The molecule has 0 amide bonds. The Kier molecular flexibility index (Phi) is 3.71. The zero-order chi connectivity index (χ0) is 18.7. The third-order valence-corrected chi connectivity index (χ3v) is 7.91. The maximum atomic E-state index is 11.0. The molecule has 0 unspecified atom stereocenters. The van der Waals surface area contributed by atoms with Crippen LogP contribution in [0.25, 0.3) is 21.9 Å². The van der Waals surface area contributed by atoms with Crippen LogP contribution in [0.15, 0.2) is 47.4 Å². The van der Waals surface area contributed by atoms with E-state index in [0.717, 1.165) is 11.1 Å². The van der Waals surface area contributed by atoms with Crippen LogP contribution in [-0.2, 0) is 5.41 Å². The average Bonchev–Trinajstić information content (AvgIpc) is 3.25. The summed E-state index contributed by atoms with van der Waals surface area (Å²) in [5.41, 5.74) is 5.60. The first-order chi connectivity index (χ1) is 13.8. The summed E-state index contributed by atoms with van der Waals surface area (Å²) >= 11 is 1.74. The van der Waals surface area contributed by atoms with Gasteiger partial charge in [0.05, 0.1) is 4.90 Å². The Morgan fingerprint density at radius 1 is 0.857 bits per heavy atom. The SMILES string of the molecule is Oc1cc2c(c3cc4c(cc13)OCS4)-c1ccccc1C21CCCCCCC1. The van der Waals surface area contributed by atoms with Gasteiger partial charge in [-0.3, -0.25) is 0 Å². The molecule has 1 aliphatic heterocycles. The van der Waals surface area contributed by atoms with E-state index in [1.807, 2.05) is 6.07 Å². The van der Waals surface area contributed by atoms with Crippen LogP contribution in [0.1, 0.15) is 56.1 Å². The number of phenols is 1. The smallest absolute Gasteiger partial charge is 0.138 e. The number of phenolic OH excluding ortho intramolecular Hbond substituents is 1. The fourth-order valence-corrected chi connectivity index (χ4v) is 6.55. The molecule has 1 saturated carbocycles. The lowest BCUT2D eigenvalue weighted by Crippen LogP contribution is -2.26. The summed E-state index contributed by atoms with van der Waals surface area (Å²) in [5.74, 6) is 1.96. The second-order valence-corrected chi connectivity index (χ2v) is 9.43. The Hall–Kier alpha value is -2.13. The van der Waals surface area contributed by atoms with Crippen molar-refractivity contribution in [1.29, 1.82) is 0 Å². The number of thioether (sulfide) groups is 1. The second-order valence-electron chi connectivity index (χ2n) is 8.46. The van der Waals surface area contributed by atoms with Crippen molar-refractivity contribution < 1.29 is 9.84 Å². The third kappa shape index (κ3) is 2.23. The van der Waals surface area contributed by atoms with Gasteiger partial charge in [0.15, 0.2) is 0 Å². The normalized spacial score (nSPS) is 19.6. The van der Waals surface area contributed by atoms with Crippen LogP contribution in [-0.4, -0.2) is 11.0 Å². The number of rotatable bonds is 0. The number of aromatic hydroxyl groups is 1. The van der Waals surface area contributed by atoms with Gasteiger partial charge in [-0.05, 0) is 58.7 Å². The molecule has 3 aromatic rings. The van der Waals surface area contributed by atoms with Gasteiger partial charge in [-0.2, -0.15) is 0 Å². The molecule has 3 heteroatoms. The van der Waals surface area contributed by atoms with Crippen molar-refractivity contribution in [2.45, 2.75) is 55.3 Å². The standard InChI is InChI=1S/C25H24O2S/c26-21-14-20-24(18-13-23-22(12-17(18)21)27-15-28-23)16-8-4-5-9-19(16)25(20)10-6-2-1-3-7-11-25/h4-5,8-9,12-14,26H,1-3,6-7,10-11,15H2. The highest BCUT2D eigenvalue weighted by Crippen LogP contribution is 2.58. The van der Waals surface area contributed by atoms with Gasteiger partial charge in [0, 0.05) is 10.8 Å². The Balaban J connectivity index is 1.69. The van der Waals surface area contributed by atoms with Crippen LogP contribution in [0.2, 0.25) is 0 Å². The van der Waals surface area contributed by atoms with Gasteiger partial charge in [0.25, 0.3) is 0 Å². The molecule has 1 N–H and O–H groups in total. The molecule has 1 heterocycles. The van der Waals surface area contributed by atoms with E-state index in [4.69, 9.17) is 4.74 Å². The highest BCUT2D eigenvalue weighted by atomic mass is 32.2. The van der Waals surface area contributed by atoms with E-state index >= 15 is 0 Å². The summed E-state index contributed by atoms with van der Waals surface area (Å²) in [7, 11) is 0. The molecule has 0 radical (unpaired) electrons. The highest BCUT2D eigenvalue weighted by Gasteiger charge is 2.43. The number of fused-ring (bicyclic) bond motifs is 8. The van der Waals surface area contributed by atoms with Gasteiger partial charge < -0.3 is 9.84 Å². The van der Waals surface area contributed by atoms with Gasteiger partial charge in [-0.15, -0.1) is 0 Å². The van der Waals surface area contributed by atoms with Crippen molar-refractivity contribution in [2.75, 3.05) is 5.94 Å². The lowest BCUT2D eigenvalue weighted by molar-refractivity contribution is 0.372. The van der Waals surface area contributed by atoms with Crippen LogP contribution in [0.4, 0.5) is 0 Å². The van der Waals surface area contributed by atoms with Crippen molar-refractivity contribution in [1.82, 2.24) is 0 Å². The van der Waals surface area contributed by atoms with Crippen molar-refractivity contribution in [3.8, 4) is 22.6 Å². The largest absolute Gasteiger partial charge is 0.507 e. The molecule has 3 aromatic carbocycles. The highest BCUT2D eigenvalue weighted by molar-refractivity contribution is 7.99. The number of benzene rings is 3. The topological polar surface area (TPSA) is 29.5 Å². The van der Waals surface area contributed by atoms with E-state index < -0.39 is 0 Å². The average molecular weight is 389 g/mol. The summed E-state index contributed by atoms with van der Waals surface area (Å²) in [6, 6.07) is 15.3. The summed E-state index contributed by atoms with van der Waals surface area (Å²) in [6.45, 7) is 0. The summed E-state index contributed by atoms with van der Waals surface area (Å²) < 4.78 is 5.74. The number of hydrogen-bond acceptors (Lipinski definition) is 3. The maximum absolute atomic E-state index is 11.0. The maximum Gasteiger partial charge on any atom is 0.138 e. The van der Waals surface area contributed by atoms with Gasteiger partial charge >= 0.3 is 0 Å². The molecule has 6 rings (SSSR count). The van der Waals surface area contributed by atoms with Gasteiger partial charge in [0.2, 0.25) is 0 Å². The Bertz CT molecular complexity index is 1090. The van der Waals surface area contributed by atoms with Gasteiger partial charge in [-0.1, -0.05) is 68.1 Å². The molecule has 2 aliphatic carbocycles. The fourth-order valence-electron chi connectivity index (χ4n) is 5.77. The Morgan fingerprint density at radius 2 is 1.64 bits per heavy atom. The van der Waals surface area contributed by atoms with Crippen LogP contribution >= 0.6 is 11.8 Å². The molecule has 28 heavy (non-hydrogen) atoms. The molecule has 0 atom stereocenters. The van der Waals surface area contributed by atoms with Crippen molar-refractivity contribution in [2.24, 2.45) is 0 Å². The lowest BCUT2D eigenvalue weighted by atomic mass is 9.69. The van der Waals surface area contributed by atoms with E-state index in [9.17, 15) is 5.11 Å². The van der Waals surface area contributed by atoms with Crippen LogP contribution in [0, 0.1) is 0 Å². The van der Waals surface area contributed by atoms with Gasteiger partial charge in [-0.25, -0.2) is 0 Å². The first-order valence-electron chi connectivity index (χ1n) is 10.5. The van der Waals surface area contributed by atoms with E-state index in [1.165, 1.54) is 77.5 Å². The van der Waals surface area contributed by atoms with Crippen LogP contribution < -0.4 is 4.74 Å². The predicted octanol–water partition coefficient (Wildman–Crippen LogP) is 7.00. The van der Waals surface area contributed by atoms with Crippen molar-refractivity contribution in [3.05, 3.63) is 53.6 Å². The van der Waals surface area contributed by atoms with Crippen LogP contribution in [0.5, 0.6) is 11.5 Å². The molecule has 142 valence electrons. The van der Waals surface area contributed by atoms with Crippen LogP contribution in [0.3, 0.4) is 0 Å². The molecular formula is C25H24O2S. The molecule has 3 aliphatic rings. The monoisotopic (exact) mass is 388 g/mol. The quantitative estimate of drug-likeness (QED) is 0.450. The zero-order valence-corrected chi connectivity index (χ0v) is 16.8. The Morgan fingerprint density at radius 3 is 2.50 bits per heavy atom. The van der Waals surface area contributed by atoms with E-state index in [2.05, 4.69) is 36.4 Å². The summed E-state index contributed by atoms with van der Waals surface area (Å²) in [6.07, 6.45) is 8.90. The predicted molar refractivity (Wildman–Crippen MR) is 115 cm³/mol. The third-order valence-electron chi connectivity index (χ3n) is 7.04. The molecular weight excluding hydrogens is 364 g/mol. The first kappa shape index (κ1) is 16.8. The molecule has 0 aromatic heterocycles.